The molecule has 4 rings (SSSR count). The van der Waals surface area contributed by atoms with Crippen LogP contribution in [-0.2, 0) is 9.47 Å². The number of rotatable bonds is 2. The van der Waals surface area contributed by atoms with Crippen LogP contribution >= 0.6 is 0 Å². The second kappa shape index (κ2) is 7.32. The Hall–Kier alpha value is -1.63. The Kier molecular flexibility index (Phi) is 4.92. The van der Waals surface area contributed by atoms with E-state index in [-0.39, 0.29) is 11.9 Å². The van der Waals surface area contributed by atoms with Crippen LogP contribution in [0, 0.1) is 5.92 Å². The number of nitrogens with zero attached hydrogens (tertiary/aromatic N) is 3. The van der Waals surface area contributed by atoms with E-state index in [1.807, 2.05) is 18.2 Å². The molecule has 1 amide bonds. The fourth-order valence-corrected chi connectivity index (χ4v) is 4.22. The first-order valence-electron chi connectivity index (χ1n) is 9.21. The molecule has 1 aromatic carbocycles. The summed E-state index contributed by atoms with van der Waals surface area (Å²) in [4.78, 5) is 20.1. The zero-order chi connectivity index (χ0) is 17.2. The van der Waals surface area contributed by atoms with Crippen LogP contribution in [0.15, 0.2) is 24.3 Å². The molecule has 0 spiro atoms. The van der Waals surface area contributed by atoms with Gasteiger partial charge in [-0.15, -0.1) is 0 Å². The Morgan fingerprint density at radius 1 is 1.04 bits per heavy atom. The van der Waals surface area contributed by atoms with Crippen molar-refractivity contribution in [1.82, 2.24) is 9.80 Å². The van der Waals surface area contributed by atoms with Crippen molar-refractivity contribution in [2.24, 2.45) is 5.92 Å². The van der Waals surface area contributed by atoms with Crippen LogP contribution in [0.2, 0.25) is 0 Å². The Morgan fingerprint density at radius 3 is 2.68 bits per heavy atom. The normalized spacial score (nSPS) is 27.9. The summed E-state index contributed by atoms with van der Waals surface area (Å²) >= 11 is 0. The standard InChI is InChI=1S/C19H27N3O3/c1-20-10-15-11-22(16(12-20)14-25-13-15)19(23)17-4-2-3-5-18(17)21-6-8-24-9-7-21/h2-5,15-16H,6-14H2,1H3/t15-,16-/m0/s1. The number of para-hydroxylation sites is 1. The fourth-order valence-electron chi connectivity index (χ4n) is 4.22. The summed E-state index contributed by atoms with van der Waals surface area (Å²) in [6, 6.07) is 8.13. The molecule has 3 saturated heterocycles. The topological polar surface area (TPSA) is 45.2 Å². The number of carbonyl (C=O) groups is 1. The van der Waals surface area contributed by atoms with Crippen LogP contribution in [0.3, 0.4) is 0 Å². The quantitative estimate of drug-likeness (QED) is 0.798. The molecule has 2 atom stereocenters. The lowest BCUT2D eigenvalue weighted by molar-refractivity contribution is 0.0483. The first-order valence-corrected chi connectivity index (χ1v) is 9.21. The number of likely N-dealkylation sites (N-methyl/N-ethyl adjacent to an activating group) is 1. The molecular weight excluding hydrogens is 318 g/mol. The largest absolute Gasteiger partial charge is 0.379 e. The third-order valence-corrected chi connectivity index (χ3v) is 5.40. The number of fused-ring (bicyclic) bond motifs is 3. The van der Waals surface area contributed by atoms with Crippen molar-refractivity contribution in [3.63, 3.8) is 0 Å². The van der Waals surface area contributed by atoms with Crippen LogP contribution in [0.4, 0.5) is 5.69 Å². The number of carbonyl (C=O) groups excluding carboxylic acids is 1. The zero-order valence-corrected chi connectivity index (χ0v) is 14.9. The van der Waals surface area contributed by atoms with Gasteiger partial charge in [0.1, 0.15) is 0 Å². The van der Waals surface area contributed by atoms with Crippen LogP contribution in [0.25, 0.3) is 0 Å². The summed E-state index contributed by atoms with van der Waals surface area (Å²) in [5.74, 6) is 0.523. The van der Waals surface area contributed by atoms with E-state index in [4.69, 9.17) is 9.47 Å². The van der Waals surface area contributed by atoms with E-state index in [1.165, 1.54) is 0 Å². The molecular formula is C19H27N3O3. The average Bonchev–Trinajstić information content (AvgIpc) is 2.92. The smallest absolute Gasteiger partial charge is 0.256 e. The lowest BCUT2D eigenvalue weighted by Gasteiger charge is -2.33. The van der Waals surface area contributed by atoms with Crippen LogP contribution < -0.4 is 4.90 Å². The molecule has 3 aliphatic rings. The molecule has 3 aliphatic heterocycles. The van der Waals surface area contributed by atoms with Gasteiger partial charge in [0.25, 0.3) is 5.91 Å². The number of amides is 1. The van der Waals surface area contributed by atoms with E-state index < -0.39 is 0 Å². The molecule has 0 aromatic heterocycles. The molecule has 0 aliphatic carbocycles. The van der Waals surface area contributed by atoms with Gasteiger partial charge in [-0.2, -0.15) is 0 Å². The number of hydrogen-bond acceptors (Lipinski definition) is 5. The van der Waals surface area contributed by atoms with Gasteiger partial charge in [-0.3, -0.25) is 4.79 Å². The summed E-state index contributed by atoms with van der Waals surface area (Å²) in [6.07, 6.45) is 0. The molecule has 6 nitrogen and oxygen atoms in total. The van der Waals surface area contributed by atoms with Crippen LogP contribution in [0.1, 0.15) is 10.4 Å². The molecule has 6 heteroatoms. The van der Waals surface area contributed by atoms with Crippen molar-refractivity contribution < 1.29 is 14.3 Å². The van der Waals surface area contributed by atoms with Crippen molar-refractivity contribution >= 4 is 11.6 Å². The van der Waals surface area contributed by atoms with Gasteiger partial charge in [0.2, 0.25) is 0 Å². The highest BCUT2D eigenvalue weighted by Crippen LogP contribution is 2.26. The highest BCUT2D eigenvalue weighted by atomic mass is 16.5. The Morgan fingerprint density at radius 2 is 1.84 bits per heavy atom. The van der Waals surface area contributed by atoms with E-state index in [0.29, 0.717) is 12.5 Å². The second-order valence-electron chi connectivity index (χ2n) is 7.35. The molecule has 3 fully saturated rings. The maximum Gasteiger partial charge on any atom is 0.256 e. The van der Waals surface area contributed by atoms with Gasteiger partial charge in [-0.1, -0.05) is 12.1 Å². The molecule has 25 heavy (non-hydrogen) atoms. The fraction of sp³-hybridized carbons (Fsp3) is 0.632. The predicted octanol–water partition coefficient (Wildman–Crippen LogP) is 0.926. The summed E-state index contributed by atoms with van der Waals surface area (Å²) < 4.78 is 11.3. The monoisotopic (exact) mass is 345 g/mol. The molecule has 0 radical (unpaired) electrons. The minimum absolute atomic E-state index is 0.128. The van der Waals surface area contributed by atoms with Crippen molar-refractivity contribution in [3.05, 3.63) is 29.8 Å². The lowest BCUT2D eigenvalue weighted by atomic mass is 10.1. The van der Waals surface area contributed by atoms with Gasteiger partial charge in [0.05, 0.1) is 38.0 Å². The number of hydrogen-bond donors (Lipinski definition) is 0. The van der Waals surface area contributed by atoms with E-state index >= 15 is 0 Å². The summed E-state index contributed by atoms with van der Waals surface area (Å²) in [5.41, 5.74) is 1.84. The minimum Gasteiger partial charge on any atom is -0.379 e. The molecule has 0 unspecified atom stereocenters. The predicted molar refractivity (Wildman–Crippen MR) is 96.1 cm³/mol. The number of anilines is 1. The van der Waals surface area contributed by atoms with Crippen LogP contribution in [-0.4, -0.2) is 87.9 Å². The van der Waals surface area contributed by atoms with E-state index in [9.17, 15) is 4.79 Å². The van der Waals surface area contributed by atoms with Gasteiger partial charge in [-0.25, -0.2) is 0 Å². The third kappa shape index (κ3) is 3.52. The summed E-state index contributed by atoms with van der Waals surface area (Å²) in [5, 5.41) is 0. The summed E-state index contributed by atoms with van der Waals surface area (Å²) in [7, 11) is 2.14. The molecule has 1 aromatic rings. The second-order valence-corrected chi connectivity index (χ2v) is 7.35. The number of morpholine rings is 1. The maximum atomic E-state index is 13.5. The van der Waals surface area contributed by atoms with Crippen molar-refractivity contribution in [1.29, 1.82) is 0 Å². The highest BCUT2D eigenvalue weighted by molar-refractivity contribution is 6.00. The molecule has 2 bridgehead atoms. The average molecular weight is 345 g/mol. The number of ether oxygens (including phenoxy) is 2. The van der Waals surface area contributed by atoms with Crippen molar-refractivity contribution in [2.75, 3.05) is 71.1 Å². The highest BCUT2D eigenvalue weighted by Gasteiger charge is 2.36. The van der Waals surface area contributed by atoms with Crippen LogP contribution in [0.5, 0.6) is 0 Å². The lowest BCUT2D eigenvalue weighted by Crippen LogP contribution is -2.46. The van der Waals surface area contributed by atoms with Crippen molar-refractivity contribution in [3.8, 4) is 0 Å². The minimum atomic E-state index is 0.128. The Balaban J connectivity index is 1.62. The van der Waals surface area contributed by atoms with E-state index in [2.05, 4.69) is 27.8 Å². The zero-order valence-electron chi connectivity index (χ0n) is 14.9. The Labute approximate surface area is 149 Å². The van der Waals surface area contributed by atoms with Gasteiger partial charge < -0.3 is 24.2 Å². The molecule has 0 N–H and O–H groups in total. The molecule has 3 heterocycles. The maximum absolute atomic E-state index is 13.5. The van der Waals surface area contributed by atoms with E-state index in [0.717, 1.165) is 63.8 Å². The first kappa shape index (κ1) is 16.8. The van der Waals surface area contributed by atoms with Crippen molar-refractivity contribution in [2.45, 2.75) is 6.04 Å². The molecule has 136 valence electrons. The van der Waals surface area contributed by atoms with Gasteiger partial charge >= 0.3 is 0 Å². The number of benzene rings is 1. The summed E-state index contributed by atoms with van der Waals surface area (Å²) in [6.45, 7) is 7.14. The van der Waals surface area contributed by atoms with E-state index in [1.54, 1.807) is 0 Å². The molecule has 0 saturated carbocycles. The third-order valence-electron chi connectivity index (χ3n) is 5.40. The van der Waals surface area contributed by atoms with Gasteiger partial charge in [0.15, 0.2) is 0 Å². The van der Waals surface area contributed by atoms with Gasteiger partial charge in [-0.05, 0) is 19.2 Å². The first-order chi connectivity index (χ1) is 12.2. The van der Waals surface area contributed by atoms with Gasteiger partial charge in [0, 0.05) is 44.3 Å². The SMILES string of the molecule is CN1C[C@@H]2COC[C@H](C1)N(C(=O)c1ccccc1N1CCOCC1)C2. The Bertz CT molecular complexity index is 618.